The summed E-state index contributed by atoms with van der Waals surface area (Å²) in [6, 6.07) is 12.0. The van der Waals surface area contributed by atoms with E-state index < -0.39 is 0 Å². The summed E-state index contributed by atoms with van der Waals surface area (Å²) in [6.45, 7) is 10.8. The van der Waals surface area contributed by atoms with Crippen molar-refractivity contribution >= 4 is 40.7 Å². The second-order valence-corrected chi connectivity index (χ2v) is 12.7. The number of pyridine rings is 1. The van der Waals surface area contributed by atoms with Crippen LogP contribution in [0.5, 0.6) is 0 Å². The summed E-state index contributed by atoms with van der Waals surface area (Å²) >= 11 is 3.25. The fourth-order valence-corrected chi connectivity index (χ4v) is 6.76. The molecule has 1 aromatic carbocycles. The highest BCUT2D eigenvalue weighted by Crippen LogP contribution is 2.49. The predicted molar refractivity (Wildman–Crippen MR) is 159 cm³/mol. The molecule has 0 saturated carbocycles. The summed E-state index contributed by atoms with van der Waals surface area (Å²) in [4.78, 5) is 32.8. The molecule has 3 aromatic heterocycles. The second-order valence-electron chi connectivity index (χ2n) is 10.8. The van der Waals surface area contributed by atoms with Crippen molar-refractivity contribution in [2.45, 2.75) is 51.8 Å². The number of hydrogen-bond donors (Lipinski definition) is 1. The normalized spacial score (nSPS) is 15.7. The molecule has 5 rings (SSSR count). The van der Waals surface area contributed by atoms with Gasteiger partial charge in [0, 0.05) is 29.9 Å². The van der Waals surface area contributed by atoms with Gasteiger partial charge in [0.1, 0.15) is 12.4 Å². The van der Waals surface area contributed by atoms with Crippen molar-refractivity contribution in [1.82, 2.24) is 20.1 Å². The number of carbonyl (C=O) groups is 2. The first-order chi connectivity index (χ1) is 18.6. The number of nitrogens with one attached hydrogen (secondary N) is 1. The molecule has 0 saturated heterocycles. The Morgan fingerprint density at radius 3 is 2.67 bits per heavy atom. The highest BCUT2D eigenvalue weighted by molar-refractivity contribution is 8.00. The molecule has 9 heteroatoms. The number of hydrogen-bond acceptors (Lipinski definition) is 6. The SMILES string of the molecule is Cc1cccc(-n2nc(C(C)(C)C)c3c2N(CC(=O)NCc2cccnc2)C(=O)CS[C@H]3c2ccsc2)c1C. The molecule has 202 valence electrons. The number of amides is 2. The number of thiophene rings is 1. The minimum Gasteiger partial charge on any atom is -0.350 e. The van der Waals surface area contributed by atoms with Crippen LogP contribution in [-0.2, 0) is 21.5 Å². The van der Waals surface area contributed by atoms with Gasteiger partial charge in [-0.2, -0.15) is 16.4 Å². The molecule has 4 aromatic rings. The average molecular weight is 560 g/mol. The lowest BCUT2D eigenvalue weighted by Crippen LogP contribution is -2.42. The molecule has 7 nitrogen and oxygen atoms in total. The maximum absolute atomic E-state index is 13.8. The number of thioether (sulfide) groups is 1. The maximum atomic E-state index is 13.8. The molecule has 1 aliphatic heterocycles. The Bertz CT molecular complexity index is 1490. The number of anilines is 1. The molecule has 0 bridgehead atoms. The second kappa shape index (κ2) is 11.0. The van der Waals surface area contributed by atoms with E-state index >= 15 is 0 Å². The lowest BCUT2D eigenvalue weighted by Gasteiger charge is -2.24. The molecule has 4 heterocycles. The van der Waals surface area contributed by atoms with Crippen LogP contribution in [0.4, 0.5) is 5.82 Å². The Labute approximate surface area is 237 Å². The van der Waals surface area contributed by atoms with Gasteiger partial charge >= 0.3 is 0 Å². The van der Waals surface area contributed by atoms with Gasteiger partial charge in [0.05, 0.1) is 22.4 Å². The van der Waals surface area contributed by atoms with Gasteiger partial charge in [0.15, 0.2) is 0 Å². The molecule has 2 amide bonds. The van der Waals surface area contributed by atoms with E-state index in [1.165, 1.54) is 0 Å². The molecule has 0 spiro atoms. The van der Waals surface area contributed by atoms with Crippen molar-refractivity contribution in [2.75, 3.05) is 17.2 Å². The van der Waals surface area contributed by atoms with E-state index in [1.807, 2.05) is 28.9 Å². The summed E-state index contributed by atoms with van der Waals surface area (Å²) in [7, 11) is 0. The average Bonchev–Trinajstić information content (AvgIpc) is 3.55. The first-order valence-electron chi connectivity index (χ1n) is 12.9. The van der Waals surface area contributed by atoms with Crippen LogP contribution in [0, 0.1) is 13.8 Å². The van der Waals surface area contributed by atoms with Gasteiger partial charge in [-0.15, -0.1) is 11.8 Å². The molecule has 0 aliphatic carbocycles. The third-order valence-corrected chi connectivity index (χ3v) is 8.92. The summed E-state index contributed by atoms with van der Waals surface area (Å²) in [6.07, 6.45) is 3.42. The number of benzene rings is 1. The summed E-state index contributed by atoms with van der Waals surface area (Å²) in [5.74, 6) is 0.600. The Morgan fingerprint density at radius 2 is 1.97 bits per heavy atom. The first-order valence-corrected chi connectivity index (χ1v) is 14.9. The number of aromatic nitrogens is 3. The number of nitrogens with zero attached hydrogens (tertiary/aromatic N) is 4. The molecule has 0 fully saturated rings. The third kappa shape index (κ3) is 5.51. The highest BCUT2D eigenvalue weighted by atomic mass is 32.2. The number of fused-ring (bicyclic) bond motifs is 1. The van der Waals surface area contributed by atoms with Gasteiger partial charge in [-0.25, -0.2) is 4.68 Å². The van der Waals surface area contributed by atoms with E-state index in [1.54, 1.807) is 40.4 Å². The van der Waals surface area contributed by atoms with E-state index in [0.717, 1.165) is 39.2 Å². The Morgan fingerprint density at radius 1 is 1.15 bits per heavy atom. The molecule has 0 radical (unpaired) electrons. The number of aryl methyl sites for hydroxylation is 1. The van der Waals surface area contributed by atoms with Gasteiger partial charge in [-0.3, -0.25) is 19.5 Å². The molecular weight excluding hydrogens is 526 g/mol. The van der Waals surface area contributed by atoms with Crippen LogP contribution >= 0.6 is 23.1 Å². The standard InChI is InChI=1S/C30H33N5O2S2/c1-19-8-6-10-23(20(19)2)35-29-26(28(33-35)30(3,4)5)27(22-11-13-38-17-22)39-18-25(37)34(29)16-24(36)32-15-21-9-7-12-31-14-21/h6-14,17,27H,15-16,18H2,1-5H3,(H,32,36)/t27-/m0/s1. The van der Waals surface area contributed by atoms with E-state index in [9.17, 15) is 9.59 Å². The van der Waals surface area contributed by atoms with Crippen molar-refractivity contribution in [1.29, 1.82) is 0 Å². The van der Waals surface area contributed by atoms with Gasteiger partial charge in [0.2, 0.25) is 11.8 Å². The van der Waals surface area contributed by atoms with Crippen LogP contribution in [0.2, 0.25) is 0 Å². The van der Waals surface area contributed by atoms with Gasteiger partial charge in [0.25, 0.3) is 0 Å². The first kappa shape index (κ1) is 27.1. The van der Waals surface area contributed by atoms with Crippen LogP contribution < -0.4 is 10.2 Å². The minimum absolute atomic E-state index is 0.0771. The topological polar surface area (TPSA) is 80.1 Å². The van der Waals surface area contributed by atoms with E-state index in [4.69, 9.17) is 5.10 Å². The maximum Gasteiger partial charge on any atom is 0.240 e. The zero-order valence-electron chi connectivity index (χ0n) is 22.9. The Kier molecular flexibility index (Phi) is 7.64. The predicted octanol–water partition coefficient (Wildman–Crippen LogP) is 5.73. The van der Waals surface area contributed by atoms with Crippen molar-refractivity contribution in [3.63, 3.8) is 0 Å². The van der Waals surface area contributed by atoms with Crippen LogP contribution in [0.3, 0.4) is 0 Å². The Hall–Kier alpha value is -3.43. The summed E-state index contributed by atoms with van der Waals surface area (Å²) in [5, 5.41) is 12.3. The van der Waals surface area contributed by atoms with Crippen molar-refractivity contribution < 1.29 is 9.59 Å². The lowest BCUT2D eigenvalue weighted by atomic mass is 9.87. The molecule has 39 heavy (non-hydrogen) atoms. The summed E-state index contributed by atoms with van der Waals surface area (Å²) in [5.41, 5.74) is 6.81. The van der Waals surface area contributed by atoms with E-state index in [0.29, 0.717) is 12.4 Å². The fourth-order valence-electron chi connectivity index (χ4n) is 4.80. The van der Waals surface area contributed by atoms with Crippen LogP contribution in [0.25, 0.3) is 5.69 Å². The van der Waals surface area contributed by atoms with E-state index in [2.05, 4.69) is 67.8 Å². The lowest BCUT2D eigenvalue weighted by molar-refractivity contribution is -0.123. The van der Waals surface area contributed by atoms with Gasteiger partial charge in [-0.1, -0.05) is 39.0 Å². The largest absolute Gasteiger partial charge is 0.350 e. The Balaban J connectivity index is 1.66. The van der Waals surface area contributed by atoms with Crippen LogP contribution in [0.1, 0.15) is 59.5 Å². The van der Waals surface area contributed by atoms with Gasteiger partial charge in [-0.05, 0) is 65.1 Å². The van der Waals surface area contributed by atoms with Crippen LogP contribution in [-0.4, -0.2) is 38.9 Å². The summed E-state index contributed by atoms with van der Waals surface area (Å²) < 4.78 is 1.90. The minimum atomic E-state index is -0.288. The smallest absolute Gasteiger partial charge is 0.240 e. The number of carbonyl (C=O) groups excluding carboxylic acids is 2. The fraction of sp³-hybridized carbons (Fsp3) is 0.333. The van der Waals surface area contributed by atoms with Crippen molar-refractivity contribution in [3.05, 3.63) is 93.1 Å². The molecule has 1 atom stereocenters. The quantitative estimate of drug-likeness (QED) is 0.326. The zero-order chi connectivity index (χ0) is 27.7. The zero-order valence-corrected chi connectivity index (χ0v) is 24.5. The van der Waals surface area contributed by atoms with E-state index in [-0.39, 0.29) is 34.8 Å². The molecule has 1 N–H and O–H groups in total. The third-order valence-electron chi connectivity index (χ3n) is 6.96. The monoisotopic (exact) mass is 559 g/mol. The van der Waals surface area contributed by atoms with Crippen molar-refractivity contribution in [3.8, 4) is 5.69 Å². The van der Waals surface area contributed by atoms with Crippen molar-refractivity contribution in [2.24, 2.45) is 0 Å². The van der Waals surface area contributed by atoms with Crippen LogP contribution in [0.15, 0.2) is 59.6 Å². The highest BCUT2D eigenvalue weighted by Gasteiger charge is 2.40. The molecular formula is C30H33N5O2S2. The van der Waals surface area contributed by atoms with Gasteiger partial charge < -0.3 is 5.32 Å². The molecule has 0 unspecified atom stereocenters. The number of rotatable bonds is 6. The molecule has 1 aliphatic rings.